The number of carbonyl (C=O) groups excluding carboxylic acids is 2. The lowest BCUT2D eigenvalue weighted by molar-refractivity contribution is -0.268. The summed E-state index contributed by atoms with van der Waals surface area (Å²) in [6.45, 7) is 4.87. The largest absolute Gasteiger partial charge is 0.496 e. The number of aliphatic hydroxyl groups is 1. The van der Waals surface area contributed by atoms with Crippen molar-refractivity contribution in [1.82, 2.24) is 0 Å². The van der Waals surface area contributed by atoms with Crippen molar-refractivity contribution in [3.05, 3.63) is 89.5 Å². The summed E-state index contributed by atoms with van der Waals surface area (Å²) >= 11 is 1.66. The molecule has 0 aliphatic carbocycles. The molecule has 2 N–H and O–H groups in total. The van der Waals surface area contributed by atoms with Crippen molar-refractivity contribution in [3.63, 3.8) is 0 Å². The van der Waals surface area contributed by atoms with E-state index in [1.165, 1.54) is 13.8 Å². The van der Waals surface area contributed by atoms with Crippen LogP contribution >= 0.6 is 11.8 Å². The van der Waals surface area contributed by atoms with Crippen LogP contribution in [-0.4, -0.2) is 42.1 Å². The fraction of sp³-hybridized carbons (Fsp3) is 0.355. The van der Waals surface area contributed by atoms with Crippen LogP contribution < -0.4 is 10.1 Å². The summed E-state index contributed by atoms with van der Waals surface area (Å²) in [4.78, 5) is 24.8. The summed E-state index contributed by atoms with van der Waals surface area (Å²) in [5, 5.41) is 12.3. The van der Waals surface area contributed by atoms with E-state index in [0.29, 0.717) is 11.4 Å². The van der Waals surface area contributed by atoms with Crippen LogP contribution in [0.15, 0.2) is 77.7 Å². The molecule has 3 aromatic rings. The van der Waals surface area contributed by atoms with Gasteiger partial charge in [-0.05, 0) is 42.3 Å². The minimum Gasteiger partial charge on any atom is -0.496 e. The molecule has 0 spiro atoms. The van der Waals surface area contributed by atoms with Crippen LogP contribution in [0.3, 0.4) is 0 Å². The molecule has 0 saturated carbocycles. The number of benzene rings is 3. The number of rotatable bonds is 10. The van der Waals surface area contributed by atoms with Crippen LogP contribution in [0.2, 0.25) is 0 Å². The van der Waals surface area contributed by atoms with E-state index in [1.54, 1.807) is 31.0 Å². The topological polar surface area (TPSA) is 103 Å². The molecule has 1 fully saturated rings. The molecule has 8 nitrogen and oxygen atoms in total. The van der Waals surface area contributed by atoms with E-state index in [0.717, 1.165) is 27.3 Å². The van der Waals surface area contributed by atoms with E-state index in [1.807, 2.05) is 60.7 Å². The third kappa shape index (κ3) is 7.42. The van der Waals surface area contributed by atoms with Crippen LogP contribution in [0.1, 0.15) is 49.9 Å². The number of aliphatic hydroxyl groups excluding tert-OH is 1. The molecule has 4 rings (SSSR count). The highest BCUT2D eigenvalue weighted by Crippen LogP contribution is 2.44. The summed E-state index contributed by atoms with van der Waals surface area (Å²) < 4.78 is 23.6. The number of anilines is 1. The molecular weight excluding hydrogens is 530 g/mol. The molecule has 3 aromatic carbocycles. The molecule has 212 valence electrons. The highest BCUT2D eigenvalue weighted by atomic mass is 32.2. The van der Waals surface area contributed by atoms with E-state index < -0.39 is 24.3 Å². The Morgan fingerprint density at radius 2 is 1.77 bits per heavy atom. The molecule has 5 atom stereocenters. The Kier molecular flexibility index (Phi) is 10.2. The van der Waals surface area contributed by atoms with Gasteiger partial charge in [0, 0.05) is 34.7 Å². The summed E-state index contributed by atoms with van der Waals surface area (Å²) in [5.74, 6) is 0.546. The Morgan fingerprint density at radius 3 is 2.48 bits per heavy atom. The average Bonchev–Trinajstić information content (AvgIpc) is 2.96. The number of nitrogens with one attached hydrogen (secondary N) is 1. The first-order valence-corrected chi connectivity index (χ1v) is 14.1. The predicted molar refractivity (Wildman–Crippen MR) is 153 cm³/mol. The number of methoxy groups -OCH3 is 1. The van der Waals surface area contributed by atoms with Gasteiger partial charge in [0.2, 0.25) is 0 Å². The predicted octanol–water partition coefficient (Wildman–Crippen LogP) is 5.66. The average molecular weight is 566 g/mol. The number of ether oxygens (including phenoxy) is 4. The quantitative estimate of drug-likeness (QED) is 0.240. The Labute approximate surface area is 239 Å². The van der Waals surface area contributed by atoms with E-state index in [9.17, 15) is 14.7 Å². The van der Waals surface area contributed by atoms with E-state index >= 15 is 0 Å². The fourth-order valence-electron chi connectivity index (χ4n) is 4.53. The standard InChI is InChI=1S/C31H35NO7S/c1-19-27(18-40-28-11-6-5-10-26(28)36-4)38-31(39-29(19)23-14-12-22(17-33)13-15-23)24-8-7-9-25(16-24)32-30(35)20(2)37-21(3)34/h5-16,19-20,27,29,31,33H,17-18H2,1-4H3,(H,32,35). The minimum absolute atomic E-state index is 0.0194. The Balaban J connectivity index is 1.57. The molecule has 0 bridgehead atoms. The van der Waals surface area contributed by atoms with Gasteiger partial charge in [-0.15, -0.1) is 11.8 Å². The zero-order valence-electron chi connectivity index (χ0n) is 23.0. The minimum atomic E-state index is -0.924. The van der Waals surface area contributed by atoms with Crippen LogP contribution in [-0.2, 0) is 30.4 Å². The Bertz CT molecular complexity index is 1300. The Hall–Kier alpha value is -3.37. The van der Waals surface area contributed by atoms with Crippen LogP contribution in [0.5, 0.6) is 5.75 Å². The van der Waals surface area contributed by atoms with Crippen LogP contribution in [0.4, 0.5) is 5.69 Å². The summed E-state index contributed by atoms with van der Waals surface area (Å²) in [7, 11) is 1.66. The summed E-state index contributed by atoms with van der Waals surface area (Å²) in [6, 6.07) is 22.9. The van der Waals surface area contributed by atoms with Crippen LogP contribution in [0, 0.1) is 5.92 Å². The Morgan fingerprint density at radius 1 is 1.02 bits per heavy atom. The number of para-hydroxylation sites is 1. The molecule has 1 saturated heterocycles. The first-order valence-electron chi connectivity index (χ1n) is 13.1. The van der Waals surface area contributed by atoms with Gasteiger partial charge in [-0.25, -0.2) is 0 Å². The molecule has 1 amide bonds. The number of amides is 1. The van der Waals surface area contributed by atoms with Crippen LogP contribution in [0.25, 0.3) is 0 Å². The smallest absolute Gasteiger partial charge is 0.303 e. The number of thioether (sulfide) groups is 1. The van der Waals surface area contributed by atoms with Crippen molar-refractivity contribution >= 4 is 29.3 Å². The highest BCUT2D eigenvalue weighted by Gasteiger charge is 2.38. The zero-order valence-corrected chi connectivity index (χ0v) is 23.9. The molecular formula is C31H35NO7S. The number of esters is 1. The fourth-order valence-corrected chi connectivity index (χ4v) is 5.72. The van der Waals surface area contributed by atoms with Gasteiger partial charge >= 0.3 is 5.97 Å². The van der Waals surface area contributed by atoms with Crippen molar-refractivity contribution in [1.29, 1.82) is 0 Å². The second-order valence-corrected chi connectivity index (χ2v) is 10.7. The lowest BCUT2D eigenvalue weighted by atomic mass is 9.91. The molecule has 0 radical (unpaired) electrons. The maximum Gasteiger partial charge on any atom is 0.303 e. The van der Waals surface area contributed by atoms with Crippen molar-refractivity contribution in [2.45, 2.75) is 56.9 Å². The first kappa shape index (κ1) is 29.6. The molecule has 1 aliphatic rings. The highest BCUT2D eigenvalue weighted by molar-refractivity contribution is 7.99. The van der Waals surface area contributed by atoms with Gasteiger partial charge in [-0.2, -0.15) is 0 Å². The third-order valence-electron chi connectivity index (χ3n) is 6.73. The number of hydrogen-bond acceptors (Lipinski definition) is 8. The molecule has 40 heavy (non-hydrogen) atoms. The number of carbonyl (C=O) groups is 2. The van der Waals surface area contributed by atoms with E-state index in [2.05, 4.69) is 12.2 Å². The molecule has 1 heterocycles. The molecule has 9 heteroatoms. The van der Waals surface area contributed by atoms with Crippen molar-refractivity contribution < 1.29 is 33.6 Å². The van der Waals surface area contributed by atoms with Crippen molar-refractivity contribution in [3.8, 4) is 5.75 Å². The van der Waals surface area contributed by atoms with Crippen molar-refractivity contribution in [2.75, 3.05) is 18.2 Å². The van der Waals surface area contributed by atoms with Gasteiger partial charge in [0.05, 0.1) is 25.9 Å². The maximum absolute atomic E-state index is 12.5. The first-order chi connectivity index (χ1) is 19.3. The van der Waals surface area contributed by atoms with E-state index in [4.69, 9.17) is 18.9 Å². The van der Waals surface area contributed by atoms with Crippen molar-refractivity contribution in [2.24, 2.45) is 5.92 Å². The monoisotopic (exact) mass is 565 g/mol. The van der Waals surface area contributed by atoms with Gasteiger partial charge in [-0.3, -0.25) is 9.59 Å². The number of hydrogen-bond donors (Lipinski definition) is 2. The van der Waals surface area contributed by atoms with Gasteiger partial charge < -0.3 is 29.4 Å². The lowest BCUT2D eigenvalue weighted by Crippen LogP contribution is -2.38. The second kappa shape index (κ2) is 13.8. The van der Waals surface area contributed by atoms with Gasteiger partial charge in [0.1, 0.15) is 5.75 Å². The maximum atomic E-state index is 12.5. The van der Waals surface area contributed by atoms with Gasteiger partial charge in [-0.1, -0.05) is 55.5 Å². The van der Waals surface area contributed by atoms with Gasteiger partial charge in [0.15, 0.2) is 12.4 Å². The molecule has 1 aliphatic heterocycles. The van der Waals surface area contributed by atoms with E-state index in [-0.39, 0.29) is 24.7 Å². The zero-order chi connectivity index (χ0) is 28.6. The lowest BCUT2D eigenvalue weighted by Gasteiger charge is -2.41. The SMILES string of the molecule is COc1ccccc1SCC1OC(c2cccc(NC(=O)C(C)OC(C)=O)c2)OC(c2ccc(CO)cc2)C1C. The van der Waals surface area contributed by atoms with Gasteiger partial charge in [0.25, 0.3) is 5.91 Å². The molecule has 5 unspecified atom stereocenters. The second-order valence-electron chi connectivity index (χ2n) is 9.65. The third-order valence-corrected chi connectivity index (χ3v) is 7.88. The summed E-state index contributed by atoms with van der Waals surface area (Å²) in [5.41, 5.74) is 3.10. The summed E-state index contributed by atoms with van der Waals surface area (Å²) in [6.07, 6.45) is -2.05. The molecule has 0 aromatic heterocycles. The normalized spacial score (nSPS) is 21.3.